The van der Waals surface area contributed by atoms with Crippen LogP contribution in [0.2, 0.25) is 5.02 Å². The molecule has 0 saturated heterocycles. The van der Waals surface area contributed by atoms with Crippen LogP contribution in [0, 0.1) is 6.92 Å². The van der Waals surface area contributed by atoms with Crippen molar-refractivity contribution in [3.05, 3.63) is 80.7 Å². The summed E-state index contributed by atoms with van der Waals surface area (Å²) in [6.45, 7) is 1.80. The number of anilines is 1. The molecule has 146 valence electrons. The highest BCUT2D eigenvalue weighted by molar-refractivity contribution is 8.00. The molecule has 0 saturated carbocycles. The molecule has 4 rings (SSSR count). The van der Waals surface area contributed by atoms with E-state index in [-0.39, 0.29) is 11.2 Å². The number of nitrogens with one attached hydrogen (secondary N) is 1. The van der Waals surface area contributed by atoms with Gasteiger partial charge in [-0.2, -0.15) is 0 Å². The van der Waals surface area contributed by atoms with Crippen LogP contribution in [0.25, 0.3) is 11.0 Å². The van der Waals surface area contributed by atoms with Crippen LogP contribution in [-0.2, 0) is 5.75 Å². The molecule has 2 aromatic carbocycles. The van der Waals surface area contributed by atoms with Crippen LogP contribution < -0.4 is 10.7 Å². The fourth-order valence-electron chi connectivity index (χ4n) is 2.59. The average Bonchev–Trinajstić information content (AvgIpc) is 3.16. The number of thioether (sulfide) groups is 1. The summed E-state index contributed by atoms with van der Waals surface area (Å²) in [6.07, 6.45) is 0. The van der Waals surface area contributed by atoms with Crippen LogP contribution in [0.4, 0.5) is 5.13 Å². The van der Waals surface area contributed by atoms with E-state index >= 15 is 0 Å². The number of halogens is 1. The van der Waals surface area contributed by atoms with Crippen LogP contribution in [0.15, 0.2) is 62.1 Å². The Morgan fingerprint density at radius 1 is 1.21 bits per heavy atom. The SMILES string of the molecule is Cc1cc2oc(C(=O)Nc3nnc(SCc4ccccc4)s3)cc(=O)c2cc1Cl. The summed E-state index contributed by atoms with van der Waals surface area (Å²) in [7, 11) is 0. The minimum absolute atomic E-state index is 0.0992. The highest BCUT2D eigenvalue weighted by Gasteiger charge is 2.16. The second-order valence-electron chi connectivity index (χ2n) is 6.17. The summed E-state index contributed by atoms with van der Waals surface area (Å²) in [5.74, 6) is 0.0931. The van der Waals surface area contributed by atoms with E-state index in [1.54, 1.807) is 19.1 Å². The summed E-state index contributed by atoms with van der Waals surface area (Å²) < 4.78 is 6.34. The molecule has 2 heterocycles. The molecule has 0 bridgehead atoms. The molecule has 1 amide bonds. The zero-order valence-electron chi connectivity index (χ0n) is 15.1. The van der Waals surface area contributed by atoms with Crippen LogP contribution in [0.5, 0.6) is 0 Å². The largest absolute Gasteiger partial charge is 0.451 e. The lowest BCUT2D eigenvalue weighted by Crippen LogP contribution is -2.15. The third-order valence-electron chi connectivity index (χ3n) is 4.06. The van der Waals surface area contributed by atoms with Gasteiger partial charge in [0.05, 0.1) is 5.39 Å². The third-order valence-corrected chi connectivity index (χ3v) is 6.51. The molecule has 4 aromatic rings. The number of aryl methyl sites for hydroxylation is 1. The summed E-state index contributed by atoms with van der Waals surface area (Å²) in [6, 6.07) is 14.3. The summed E-state index contributed by atoms with van der Waals surface area (Å²) in [5, 5.41) is 11.8. The van der Waals surface area contributed by atoms with E-state index in [2.05, 4.69) is 15.5 Å². The van der Waals surface area contributed by atoms with Crippen molar-refractivity contribution in [3.8, 4) is 0 Å². The first-order valence-corrected chi connectivity index (χ1v) is 10.7. The highest BCUT2D eigenvalue weighted by Crippen LogP contribution is 2.28. The lowest BCUT2D eigenvalue weighted by atomic mass is 10.1. The van der Waals surface area contributed by atoms with Gasteiger partial charge in [0.25, 0.3) is 5.91 Å². The predicted octanol–water partition coefficient (Wildman–Crippen LogP) is 5.15. The fourth-order valence-corrected chi connectivity index (χ4v) is 4.45. The zero-order chi connectivity index (χ0) is 20.4. The molecule has 0 atom stereocenters. The quantitative estimate of drug-likeness (QED) is 0.339. The van der Waals surface area contributed by atoms with Crippen molar-refractivity contribution < 1.29 is 9.21 Å². The molecule has 0 aliphatic carbocycles. The number of rotatable bonds is 5. The molecule has 1 N–H and O–H groups in total. The third kappa shape index (κ3) is 4.50. The van der Waals surface area contributed by atoms with Gasteiger partial charge in [0.1, 0.15) is 5.58 Å². The van der Waals surface area contributed by atoms with Gasteiger partial charge >= 0.3 is 0 Å². The topological polar surface area (TPSA) is 85.1 Å². The molecule has 0 radical (unpaired) electrons. The number of fused-ring (bicyclic) bond motifs is 1. The maximum absolute atomic E-state index is 12.5. The van der Waals surface area contributed by atoms with E-state index in [1.165, 1.54) is 28.7 Å². The van der Waals surface area contributed by atoms with E-state index in [0.29, 0.717) is 21.1 Å². The number of benzene rings is 2. The summed E-state index contributed by atoms with van der Waals surface area (Å²) >= 11 is 8.85. The van der Waals surface area contributed by atoms with E-state index in [0.717, 1.165) is 21.7 Å². The predicted molar refractivity (Wildman–Crippen MR) is 116 cm³/mol. The van der Waals surface area contributed by atoms with Gasteiger partial charge in [-0.15, -0.1) is 10.2 Å². The lowest BCUT2D eigenvalue weighted by Gasteiger charge is -2.04. The van der Waals surface area contributed by atoms with Gasteiger partial charge < -0.3 is 4.42 Å². The normalized spacial score (nSPS) is 11.0. The van der Waals surface area contributed by atoms with Gasteiger partial charge in [0.15, 0.2) is 15.5 Å². The molecule has 29 heavy (non-hydrogen) atoms. The Kier molecular flexibility index (Phi) is 5.66. The molecule has 0 spiro atoms. The van der Waals surface area contributed by atoms with Crippen molar-refractivity contribution in [1.29, 1.82) is 0 Å². The Morgan fingerprint density at radius 3 is 2.79 bits per heavy atom. The van der Waals surface area contributed by atoms with Gasteiger partial charge in [0.2, 0.25) is 5.13 Å². The average molecular weight is 444 g/mol. The lowest BCUT2D eigenvalue weighted by molar-refractivity contribution is 0.0997. The van der Waals surface area contributed by atoms with Crippen molar-refractivity contribution in [3.63, 3.8) is 0 Å². The van der Waals surface area contributed by atoms with Gasteiger partial charge in [-0.25, -0.2) is 0 Å². The molecule has 0 unspecified atom stereocenters. The first-order chi connectivity index (χ1) is 14.0. The summed E-state index contributed by atoms with van der Waals surface area (Å²) in [5.41, 5.74) is 1.89. The Hall–Kier alpha value is -2.68. The van der Waals surface area contributed by atoms with E-state index in [9.17, 15) is 9.59 Å². The fraction of sp³-hybridized carbons (Fsp3) is 0.100. The highest BCUT2D eigenvalue weighted by atomic mass is 35.5. The van der Waals surface area contributed by atoms with Crippen LogP contribution in [0.1, 0.15) is 21.7 Å². The molecule has 0 aliphatic rings. The molecule has 2 aromatic heterocycles. The van der Waals surface area contributed by atoms with Crippen molar-refractivity contribution >= 4 is 56.7 Å². The molecule has 6 nitrogen and oxygen atoms in total. The van der Waals surface area contributed by atoms with E-state index < -0.39 is 5.91 Å². The summed E-state index contributed by atoms with van der Waals surface area (Å²) in [4.78, 5) is 24.8. The first kappa shape index (κ1) is 19.6. The van der Waals surface area contributed by atoms with Gasteiger partial charge in [-0.05, 0) is 30.2 Å². The zero-order valence-corrected chi connectivity index (χ0v) is 17.5. The van der Waals surface area contributed by atoms with Gasteiger partial charge in [0, 0.05) is 16.8 Å². The standard InChI is InChI=1S/C20H14ClN3O3S2/c1-11-7-16-13(8-14(11)21)15(25)9-17(27-16)18(26)22-19-23-24-20(29-19)28-10-12-5-3-2-4-6-12/h2-9H,10H2,1H3,(H,22,23,26). The Morgan fingerprint density at radius 2 is 2.00 bits per heavy atom. The Bertz CT molecular complexity index is 1260. The number of carbonyl (C=O) groups excluding carboxylic acids is 1. The molecule has 9 heteroatoms. The van der Waals surface area contributed by atoms with Crippen LogP contribution in [0.3, 0.4) is 0 Å². The van der Waals surface area contributed by atoms with Crippen molar-refractivity contribution in [2.75, 3.05) is 5.32 Å². The Balaban J connectivity index is 1.49. The smallest absolute Gasteiger partial charge is 0.293 e. The number of amides is 1. The van der Waals surface area contributed by atoms with Crippen molar-refractivity contribution in [2.24, 2.45) is 0 Å². The monoisotopic (exact) mass is 443 g/mol. The van der Waals surface area contributed by atoms with Gasteiger partial charge in [-0.3, -0.25) is 14.9 Å². The minimum Gasteiger partial charge on any atom is -0.451 e. The molecule has 0 aliphatic heterocycles. The maximum atomic E-state index is 12.5. The number of hydrogen-bond donors (Lipinski definition) is 1. The second kappa shape index (κ2) is 8.36. The number of nitrogens with zero attached hydrogens (tertiary/aromatic N) is 2. The van der Waals surface area contributed by atoms with Gasteiger partial charge in [-0.1, -0.05) is 65.0 Å². The maximum Gasteiger partial charge on any atom is 0.293 e. The molecular formula is C20H14ClN3O3S2. The number of hydrogen-bond acceptors (Lipinski definition) is 7. The van der Waals surface area contributed by atoms with Crippen LogP contribution >= 0.6 is 34.7 Å². The molecule has 0 fully saturated rings. The van der Waals surface area contributed by atoms with E-state index in [4.69, 9.17) is 16.0 Å². The molecular weight excluding hydrogens is 430 g/mol. The van der Waals surface area contributed by atoms with Crippen molar-refractivity contribution in [2.45, 2.75) is 17.0 Å². The second-order valence-corrected chi connectivity index (χ2v) is 8.78. The van der Waals surface area contributed by atoms with Crippen LogP contribution in [-0.4, -0.2) is 16.1 Å². The Labute approximate surface area is 178 Å². The minimum atomic E-state index is -0.563. The number of carbonyl (C=O) groups is 1. The number of aromatic nitrogens is 2. The van der Waals surface area contributed by atoms with E-state index in [1.807, 2.05) is 30.3 Å². The van der Waals surface area contributed by atoms with Crippen molar-refractivity contribution in [1.82, 2.24) is 10.2 Å². The first-order valence-electron chi connectivity index (χ1n) is 8.55.